The van der Waals surface area contributed by atoms with Gasteiger partial charge in [-0.15, -0.1) is 0 Å². The monoisotopic (exact) mass is 312 g/mol. The van der Waals surface area contributed by atoms with Gasteiger partial charge in [-0.25, -0.2) is 4.39 Å². The largest absolute Gasteiger partial charge is 0.383 e. The van der Waals surface area contributed by atoms with E-state index in [9.17, 15) is 4.39 Å². The lowest BCUT2D eigenvalue weighted by atomic mass is 10.0. The van der Waals surface area contributed by atoms with E-state index in [1.54, 1.807) is 30.1 Å². The van der Waals surface area contributed by atoms with E-state index in [-0.39, 0.29) is 11.9 Å². The van der Waals surface area contributed by atoms with E-state index in [4.69, 9.17) is 22.2 Å². The summed E-state index contributed by atoms with van der Waals surface area (Å²) in [6.45, 7) is 1.11. The Bertz CT molecular complexity index is 573. The lowest BCUT2D eigenvalue weighted by Crippen LogP contribution is -2.32. The van der Waals surface area contributed by atoms with E-state index in [0.29, 0.717) is 24.6 Å². The lowest BCUT2D eigenvalue weighted by molar-refractivity contribution is 0.181. The molecular weight excluding hydrogens is 295 g/mol. The molecule has 0 radical (unpaired) electrons. The highest BCUT2D eigenvalue weighted by atomic mass is 35.5. The number of hydrazine groups is 1. The van der Waals surface area contributed by atoms with Crippen LogP contribution in [-0.2, 0) is 17.7 Å². The Morgan fingerprint density at radius 2 is 2.14 bits per heavy atom. The van der Waals surface area contributed by atoms with Crippen LogP contribution in [-0.4, -0.2) is 23.5 Å². The number of hydrogen-bond acceptors (Lipinski definition) is 4. The van der Waals surface area contributed by atoms with Crippen LogP contribution in [0.25, 0.3) is 0 Å². The van der Waals surface area contributed by atoms with Crippen LogP contribution in [0, 0.1) is 5.82 Å². The summed E-state index contributed by atoms with van der Waals surface area (Å²) in [5, 5.41) is 4.77. The molecule has 0 fully saturated rings. The Morgan fingerprint density at radius 1 is 1.43 bits per heavy atom. The molecule has 0 amide bonds. The molecule has 7 heteroatoms. The summed E-state index contributed by atoms with van der Waals surface area (Å²) < 4.78 is 19.8. The minimum absolute atomic E-state index is 0.220. The van der Waals surface area contributed by atoms with E-state index in [1.165, 1.54) is 12.1 Å². The molecule has 1 atom stereocenters. The topological polar surface area (TPSA) is 65.1 Å². The summed E-state index contributed by atoms with van der Waals surface area (Å²) in [7, 11) is 1.63. The number of methoxy groups -OCH3 is 1. The highest BCUT2D eigenvalue weighted by Gasteiger charge is 2.19. The number of aromatic nitrogens is 2. The van der Waals surface area contributed by atoms with Crippen molar-refractivity contribution in [2.45, 2.75) is 19.0 Å². The van der Waals surface area contributed by atoms with Gasteiger partial charge in [0.1, 0.15) is 5.82 Å². The van der Waals surface area contributed by atoms with Crippen LogP contribution in [0.5, 0.6) is 0 Å². The van der Waals surface area contributed by atoms with Gasteiger partial charge in [0.25, 0.3) is 0 Å². The highest BCUT2D eigenvalue weighted by molar-refractivity contribution is 6.31. The summed E-state index contributed by atoms with van der Waals surface area (Å²) in [4.78, 5) is 0. The summed E-state index contributed by atoms with van der Waals surface area (Å²) in [5.41, 5.74) is 4.49. The van der Waals surface area contributed by atoms with Crippen molar-refractivity contribution in [3.63, 3.8) is 0 Å². The van der Waals surface area contributed by atoms with Gasteiger partial charge in [0.05, 0.1) is 36.1 Å². The van der Waals surface area contributed by atoms with Gasteiger partial charge >= 0.3 is 0 Å². The summed E-state index contributed by atoms with van der Waals surface area (Å²) in [5.74, 6) is 5.39. The Kier molecular flexibility index (Phi) is 5.69. The fourth-order valence-electron chi connectivity index (χ4n) is 2.17. The first-order chi connectivity index (χ1) is 10.2. The van der Waals surface area contributed by atoms with Gasteiger partial charge in [-0.05, 0) is 24.1 Å². The molecule has 21 heavy (non-hydrogen) atoms. The van der Waals surface area contributed by atoms with Crippen molar-refractivity contribution in [2.75, 3.05) is 13.7 Å². The Morgan fingerprint density at radius 3 is 2.76 bits per heavy atom. The van der Waals surface area contributed by atoms with Crippen molar-refractivity contribution in [1.82, 2.24) is 15.2 Å². The highest BCUT2D eigenvalue weighted by Crippen LogP contribution is 2.25. The van der Waals surface area contributed by atoms with Crippen molar-refractivity contribution >= 4 is 11.6 Å². The zero-order valence-corrected chi connectivity index (χ0v) is 12.5. The molecule has 0 spiro atoms. The van der Waals surface area contributed by atoms with Gasteiger partial charge < -0.3 is 4.74 Å². The van der Waals surface area contributed by atoms with Crippen molar-refractivity contribution in [2.24, 2.45) is 5.84 Å². The number of nitrogens with zero attached hydrogens (tertiary/aromatic N) is 2. The fraction of sp³-hybridized carbons (Fsp3) is 0.357. The van der Waals surface area contributed by atoms with Gasteiger partial charge in [-0.2, -0.15) is 5.10 Å². The first kappa shape index (κ1) is 15.9. The molecule has 3 N–H and O–H groups in total. The molecule has 0 bridgehead atoms. The van der Waals surface area contributed by atoms with E-state index in [2.05, 4.69) is 10.5 Å². The van der Waals surface area contributed by atoms with Crippen molar-refractivity contribution in [3.8, 4) is 0 Å². The maximum Gasteiger partial charge on any atom is 0.123 e. The Balaban J connectivity index is 2.20. The van der Waals surface area contributed by atoms with E-state index < -0.39 is 0 Å². The lowest BCUT2D eigenvalue weighted by Gasteiger charge is -2.18. The first-order valence-electron chi connectivity index (χ1n) is 6.56. The maximum absolute atomic E-state index is 13.0. The molecule has 1 heterocycles. The third-order valence-corrected chi connectivity index (χ3v) is 3.52. The first-order valence-corrected chi connectivity index (χ1v) is 6.94. The Labute approximate surface area is 127 Å². The number of nitrogens with one attached hydrogen (secondary N) is 1. The van der Waals surface area contributed by atoms with Crippen molar-refractivity contribution in [1.29, 1.82) is 0 Å². The molecule has 114 valence electrons. The second kappa shape index (κ2) is 7.51. The number of ether oxygens (including phenoxy) is 1. The van der Waals surface area contributed by atoms with E-state index in [0.717, 1.165) is 11.3 Å². The zero-order chi connectivity index (χ0) is 15.2. The predicted octanol–water partition coefficient (Wildman–Crippen LogP) is 2.07. The molecule has 0 aliphatic rings. The summed E-state index contributed by atoms with van der Waals surface area (Å²) in [6.07, 6.45) is 2.16. The maximum atomic E-state index is 13.0. The molecule has 5 nitrogen and oxygen atoms in total. The van der Waals surface area contributed by atoms with Crippen LogP contribution in [0.4, 0.5) is 4.39 Å². The smallest absolute Gasteiger partial charge is 0.123 e. The van der Waals surface area contributed by atoms with Crippen molar-refractivity contribution < 1.29 is 9.13 Å². The zero-order valence-electron chi connectivity index (χ0n) is 11.7. The number of halogens is 2. The van der Waals surface area contributed by atoms with Crippen LogP contribution in [0.15, 0.2) is 30.5 Å². The molecule has 1 unspecified atom stereocenters. The van der Waals surface area contributed by atoms with Crippen LogP contribution < -0.4 is 11.3 Å². The van der Waals surface area contributed by atoms with Gasteiger partial charge in [-0.1, -0.05) is 23.7 Å². The molecule has 1 aromatic carbocycles. The third-order valence-electron chi connectivity index (χ3n) is 3.22. The normalized spacial score (nSPS) is 12.6. The average molecular weight is 313 g/mol. The Hall–Kier alpha value is -1.47. The number of hydrogen-bond donors (Lipinski definition) is 2. The summed E-state index contributed by atoms with van der Waals surface area (Å²) in [6, 6.07) is 6.08. The minimum Gasteiger partial charge on any atom is -0.383 e. The quantitative estimate of drug-likeness (QED) is 0.607. The van der Waals surface area contributed by atoms with Gasteiger partial charge in [0.15, 0.2) is 0 Å². The van der Waals surface area contributed by atoms with Crippen LogP contribution in [0.1, 0.15) is 17.3 Å². The number of nitrogens with two attached hydrogens (primary N) is 1. The van der Waals surface area contributed by atoms with Crippen LogP contribution in [0.2, 0.25) is 5.02 Å². The molecule has 0 aliphatic heterocycles. The molecule has 0 saturated heterocycles. The molecule has 1 aromatic heterocycles. The third kappa shape index (κ3) is 4.01. The molecule has 2 aromatic rings. The van der Waals surface area contributed by atoms with Gasteiger partial charge in [-0.3, -0.25) is 16.0 Å². The SMILES string of the molecule is COCCn1ncc(Cl)c1C(Cc1ccc(F)cc1)NN. The second-order valence-electron chi connectivity index (χ2n) is 4.64. The van der Waals surface area contributed by atoms with Crippen LogP contribution >= 0.6 is 11.6 Å². The average Bonchev–Trinajstić information content (AvgIpc) is 2.85. The molecule has 2 rings (SSSR count). The second-order valence-corrected chi connectivity index (χ2v) is 5.05. The predicted molar refractivity (Wildman–Crippen MR) is 79.3 cm³/mol. The fourth-order valence-corrected chi connectivity index (χ4v) is 2.44. The minimum atomic E-state index is -0.265. The number of benzene rings is 1. The van der Waals surface area contributed by atoms with Gasteiger partial charge in [0.2, 0.25) is 0 Å². The van der Waals surface area contributed by atoms with E-state index in [1.807, 2.05) is 0 Å². The molecule has 0 aliphatic carbocycles. The molecule has 0 saturated carbocycles. The van der Waals surface area contributed by atoms with Crippen molar-refractivity contribution in [3.05, 3.63) is 52.6 Å². The molecular formula is C14H18ClFN4O. The summed E-state index contributed by atoms with van der Waals surface area (Å²) >= 11 is 6.21. The van der Waals surface area contributed by atoms with Crippen LogP contribution in [0.3, 0.4) is 0 Å². The standard InChI is InChI=1S/C14H18ClFN4O/c1-21-7-6-20-14(12(15)9-18-20)13(19-17)8-10-2-4-11(16)5-3-10/h2-5,9,13,19H,6-8,17H2,1H3. The van der Waals surface area contributed by atoms with Gasteiger partial charge in [0, 0.05) is 7.11 Å². The van der Waals surface area contributed by atoms with E-state index >= 15 is 0 Å². The number of rotatable bonds is 7.